The van der Waals surface area contributed by atoms with Gasteiger partial charge in [0.25, 0.3) is 0 Å². The Kier molecular flexibility index (Phi) is 4.08. The molecule has 100 valence electrons. The molecule has 1 aromatic rings. The Hall–Kier alpha value is -1.27. The first-order valence-corrected chi connectivity index (χ1v) is 6.02. The van der Waals surface area contributed by atoms with Crippen molar-refractivity contribution in [2.45, 2.75) is 18.6 Å². The normalized spacial score (nSPS) is 23.9. The van der Waals surface area contributed by atoms with Crippen molar-refractivity contribution in [2.24, 2.45) is 0 Å². The van der Waals surface area contributed by atoms with Gasteiger partial charge in [-0.2, -0.15) is 4.39 Å². The van der Waals surface area contributed by atoms with Gasteiger partial charge in [0.1, 0.15) is 12.1 Å². The van der Waals surface area contributed by atoms with E-state index < -0.39 is 5.95 Å². The number of aromatic nitrogens is 2. The van der Waals surface area contributed by atoms with Crippen molar-refractivity contribution in [3.8, 4) is 0 Å². The van der Waals surface area contributed by atoms with Crippen molar-refractivity contribution >= 4 is 5.82 Å². The number of hydrogen-bond acceptors (Lipinski definition) is 5. The predicted octanol–water partition coefficient (Wildman–Crippen LogP) is 0.771. The first-order valence-electron chi connectivity index (χ1n) is 6.02. The van der Waals surface area contributed by atoms with Gasteiger partial charge >= 0.3 is 0 Å². The van der Waals surface area contributed by atoms with Crippen molar-refractivity contribution in [2.75, 3.05) is 39.2 Å². The second-order valence-corrected chi connectivity index (χ2v) is 4.86. The van der Waals surface area contributed by atoms with E-state index in [1.54, 1.807) is 7.11 Å². The fourth-order valence-corrected chi connectivity index (χ4v) is 2.40. The molecule has 1 aliphatic rings. The molecule has 0 unspecified atom stereocenters. The van der Waals surface area contributed by atoms with Crippen LogP contribution in [0.1, 0.15) is 6.42 Å². The molecule has 0 radical (unpaired) electrons. The van der Waals surface area contributed by atoms with E-state index in [0.717, 1.165) is 19.5 Å². The number of halogens is 1. The molecule has 6 heteroatoms. The molecule has 0 bridgehead atoms. The van der Waals surface area contributed by atoms with Gasteiger partial charge in [-0.1, -0.05) is 0 Å². The molecule has 0 spiro atoms. The van der Waals surface area contributed by atoms with E-state index in [1.165, 1.54) is 12.4 Å². The minimum atomic E-state index is -0.496. The summed E-state index contributed by atoms with van der Waals surface area (Å²) in [6.07, 6.45) is 2.37. The maximum atomic E-state index is 13.2. The topological polar surface area (TPSA) is 41.5 Å². The molecule has 0 aromatic carbocycles. The average Bonchev–Trinajstić information content (AvgIpc) is 2.71. The highest BCUT2D eigenvalue weighted by Gasteiger charge is 2.33. The standard InChI is InChI=1S/C12H19FN4O/c1-16(2)6-9-4-10(18-3)7-17(9)12-5-11(13)14-8-15-12/h5,8-10H,4,6-7H2,1-3H3/t9-,10-/m0/s1. The summed E-state index contributed by atoms with van der Waals surface area (Å²) in [4.78, 5) is 11.9. The van der Waals surface area contributed by atoms with Crippen molar-refractivity contribution in [1.82, 2.24) is 14.9 Å². The van der Waals surface area contributed by atoms with Gasteiger partial charge in [-0.25, -0.2) is 9.97 Å². The lowest BCUT2D eigenvalue weighted by Crippen LogP contribution is -2.38. The van der Waals surface area contributed by atoms with Gasteiger partial charge in [0.05, 0.1) is 6.10 Å². The smallest absolute Gasteiger partial charge is 0.218 e. The molecule has 0 saturated carbocycles. The first-order chi connectivity index (χ1) is 8.60. The average molecular weight is 254 g/mol. The minimum Gasteiger partial charge on any atom is -0.380 e. The quantitative estimate of drug-likeness (QED) is 0.742. The van der Waals surface area contributed by atoms with Gasteiger partial charge in [0.2, 0.25) is 5.95 Å². The first kappa shape index (κ1) is 13.2. The maximum Gasteiger partial charge on any atom is 0.218 e. The van der Waals surface area contributed by atoms with E-state index in [-0.39, 0.29) is 6.10 Å². The van der Waals surface area contributed by atoms with Crippen LogP contribution >= 0.6 is 0 Å². The molecular formula is C12H19FN4O. The zero-order valence-electron chi connectivity index (χ0n) is 11.0. The Balaban J connectivity index is 2.17. The van der Waals surface area contributed by atoms with Crippen LogP contribution in [-0.2, 0) is 4.74 Å². The van der Waals surface area contributed by atoms with E-state index in [1.807, 2.05) is 14.1 Å². The highest BCUT2D eigenvalue weighted by molar-refractivity contribution is 5.40. The highest BCUT2D eigenvalue weighted by atomic mass is 19.1. The largest absolute Gasteiger partial charge is 0.380 e. The summed E-state index contributed by atoms with van der Waals surface area (Å²) in [5.74, 6) is 0.137. The fourth-order valence-electron chi connectivity index (χ4n) is 2.40. The SMILES string of the molecule is CO[C@H]1C[C@@H](CN(C)C)N(c2cc(F)ncn2)C1. The summed E-state index contributed by atoms with van der Waals surface area (Å²) in [5.41, 5.74) is 0. The minimum absolute atomic E-state index is 0.174. The Labute approximate surface area is 107 Å². The van der Waals surface area contributed by atoms with Gasteiger partial charge in [0, 0.05) is 32.3 Å². The molecule has 1 aliphatic heterocycles. The van der Waals surface area contributed by atoms with E-state index in [4.69, 9.17) is 4.74 Å². The van der Waals surface area contributed by atoms with E-state index >= 15 is 0 Å². The zero-order valence-corrected chi connectivity index (χ0v) is 11.0. The number of anilines is 1. The second-order valence-electron chi connectivity index (χ2n) is 4.86. The van der Waals surface area contributed by atoms with E-state index in [2.05, 4.69) is 19.8 Å². The second kappa shape index (κ2) is 5.58. The Morgan fingerprint density at radius 1 is 1.50 bits per heavy atom. The Morgan fingerprint density at radius 3 is 2.89 bits per heavy atom. The van der Waals surface area contributed by atoms with Gasteiger partial charge < -0.3 is 14.5 Å². The third-order valence-corrected chi connectivity index (χ3v) is 3.20. The van der Waals surface area contributed by atoms with Crippen molar-refractivity contribution in [3.63, 3.8) is 0 Å². The number of likely N-dealkylation sites (N-methyl/N-ethyl adjacent to an activating group) is 1. The summed E-state index contributed by atoms with van der Waals surface area (Å²) in [5, 5.41) is 0. The van der Waals surface area contributed by atoms with Crippen molar-refractivity contribution in [1.29, 1.82) is 0 Å². The highest BCUT2D eigenvalue weighted by Crippen LogP contribution is 2.25. The lowest BCUT2D eigenvalue weighted by atomic mass is 10.2. The number of rotatable bonds is 4. The third-order valence-electron chi connectivity index (χ3n) is 3.20. The van der Waals surface area contributed by atoms with Gasteiger partial charge in [-0.15, -0.1) is 0 Å². The summed E-state index contributed by atoms with van der Waals surface area (Å²) in [6.45, 7) is 1.64. The Morgan fingerprint density at radius 2 is 2.28 bits per heavy atom. The number of methoxy groups -OCH3 is 1. The molecule has 2 heterocycles. The summed E-state index contributed by atoms with van der Waals surface area (Å²) in [7, 11) is 5.76. The summed E-state index contributed by atoms with van der Waals surface area (Å²) < 4.78 is 18.6. The van der Waals surface area contributed by atoms with E-state index in [9.17, 15) is 4.39 Å². The molecule has 0 amide bonds. The fraction of sp³-hybridized carbons (Fsp3) is 0.667. The molecule has 18 heavy (non-hydrogen) atoms. The molecule has 1 aromatic heterocycles. The number of ether oxygens (including phenoxy) is 1. The molecular weight excluding hydrogens is 235 g/mol. The Bertz CT molecular complexity index is 401. The maximum absolute atomic E-state index is 13.2. The molecule has 5 nitrogen and oxygen atoms in total. The van der Waals surface area contributed by atoms with Crippen LogP contribution < -0.4 is 4.90 Å². The molecule has 0 N–H and O–H groups in total. The van der Waals surface area contributed by atoms with Crippen LogP contribution in [0.15, 0.2) is 12.4 Å². The van der Waals surface area contributed by atoms with Crippen LogP contribution in [-0.4, -0.2) is 61.3 Å². The summed E-state index contributed by atoms with van der Waals surface area (Å²) in [6, 6.07) is 1.67. The third kappa shape index (κ3) is 2.94. The van der Waals surface area contributed by atoms with E-state index in [0.29, 0.717) is 11.9 Å². The van der Waals surface area contributed by atoms with Crippen LogP contribution in [0.25, 0.3) is 0 Å². The van der Waals surface area contributed by atoms with Crippen LogP contribution in [0.3, 0.4) is 0 Å². The lowest BCUT2D eigenvalue weighted by Gasteiger charge is -2.27. The number of hydrogen-bond donors (Lipinski definition) is 0. The van der Waals surface area contributed by atoms with Crippen LogP contribution in [0.5, 0.6) is 0 Å². The van der Waals surface area contributed by atoms with Crippen molar-refractivity contribution in [3.05, 3.63) is 18.3 Å². The predicted molar refractivity (Wildman–Crippen MR) is 67.1 cm³/mol. The zero-order chi connectivity index (χ0) is 13.1. The molecule has 0 aliphatic carbocycles. The number of nitrogens with zero attached hydrogens (tertiary/aromatic N) is 4. The molecule has 2 rings (SSSR count). The van der Waals surface area contributed by atoms with Gasteiger partial charge in [-0.3, -0.25) is 0 Å². The summed E-state index contributed by atoms with van der Waals surface area (Å²) >= 11 is 0. The van der Waals surface area contributed by atoms with Gasteiger partial charge in [0.15, 0.2) is 0 Å². The van der Waals surface area contributed by atoms with Crippen molar-refractivity contribution < 1.29 is 9.13 Å². The van der Waals surface area contributed by atoms with Crippen LogP contribution in [0, 0.1) is 5.95 Å². The van der Waals surface area contributed by atoms with Gasteiger partial charge in [-0.05, 0) is 20.5 Å². The van der Waals surface area contributed by atoms with Crippen LogP contribution in [0.2, 0.25) is 0 Å². The monoisotopic (exact) mass is 254 g/mol. The molecule has 1 fully saturated rings. The molecule has 1 saturated heterocycles. The molecule has 2 atom stereocenters. The lowest BCUT2D eigenvalue weighted by molar-refractivity contribution is 0.117. The van der Waals surface area contributed by atoms with Crippen LogP contribution in [0.4, 0.5) is 10.2 Å².